The number of nitrogens with zero attached hydrogens (tertiary/aromatic N) is 1. The highest BCUT2D eigenvalue weighted by Gasteiger charge is 2.43. The summed E-state index contributed by atoms with van der Waals surface area (Å²) in [6.07, 6.45) is 5.56. The Kier molecular flexibility index (Phi) is 3.51. The van der Waals surface area contributed by atoms with Gasteiger partial charge in [-0.25, -0.2) is 0 Å². The lowest BCUT2D eigenvalue weighted by Crippen LogP contribution is -2.44. The van der Waals surface area contributed by atoms with Gasteiger partial charge in [-0.2, -0.15) is 0 Å². The van der Waals surface area contributed by atoms with Crippen LogP contribution in [0.25, 0.3) is 0 Å². The summed E-state index contributed by atoms with van der Waals surface area (Å²) in [5.41, 5.74) is 1.35. The van der Waals surface area contributed by atoms with Crippen LogP contribution in [0.3, 0.4) is 0 Å². The number of ether oxygens (including phenoxy) is 2. The van der Waals surface area contributed by atoms with Gasteiger partial charge in [-0.1, -0.05) is 6.07 Å². The molecular formula is C17H24N2O2. The van der Waals surface area contributed by atoms with Crippen molar-refractivity contribution in [3.8, 4) is 11.5 Å². The fourth-order valence-corrected chi connectivity index (χ4v) is 3.63. The molecule has 114 valence electrons. The lowest BCUT2D eigenvalue weighted by atomic mass is 10.1. The van der Waals surface area contributed by atoms with Crippen molar-refractivity contribution in [1.82, 2.24) is 10.2 Å². The maximum absolute atomic E-state index is 6.14. The molecule has 1 spiro atoms. The van der Waals surface area contributed by atoms with Crippen molar-refractivity contribution in [2.75, 3.05) is 32.7 Å². The predicted octanol–water partition coefficient (Wildman–Crippen LogP) is 2.18. The Balaban J connectivity index is 1.40. The molecule has 2 aliphatic heterocycles. The quantitative estimate of drug-likeness (QED) is 0.924. The average Bonchev–Trinajstić information content (AvgIpc) is 3.12. The highest BCUT2D eigenvalue weighted by atomic mass is 16.7. The zero-order valence-electron chi connectivity index (χ0n) is 12.6. The summed E-state index contributed by atoms with van der Waals surface area (Å²) < 4.78 is 12.2. The molecule has 3 aliphatic rings. The second-order valence-corrected chi connectivity index (χ2v) is 6.44. The monoisotopic (exact) mass is 288 g/mol. The van der Waals surface area contributed by atoms with Crippen LogP contribution in [-0.4, -0.2) is 43.4 Å². The number of benzene rings is 1. The highest BCUT2D eigenvalue weighted by molar-refractivity contribution is 5.46. The number of hydrogen-bond donors (Lipinski definition) is 1. The van der Waals surface area contributed by atoms with E-state index in [1.54, 1.807) is 0 Å². The first-order valence-corrected chi connectivity index (χ1v) is 8.27. The van der Waals surface area contributed by atoms with Gasteiger partial charge in [0.2, 0.25) is 0 Å². The van der Waals surface area contributed by atoms with E-state index in [0.29, 0.717) is 0 Å². The first-order chi connectivity index (χ1) is 10.3. The molecule has 1 saturated carbocycles. The third-order valence-electron chi connectivity index (χ3n) is 4.89. The van der Waals surface area contributed by atoms with Gasteiger partial charge in [-0.15, -0.1) is 0 Å². The van der Waals surface area contributed by atoms with Gasteiger partial charge < -0.3 is 19.7 Å². The van der Waals surface area contributed by atoms with Crippen molar-refractivity contribution in [2.24, 2.45) is 0 Å². The number of piperazine rings is 1. The van der Waals surface area contributed by atoms with Crippen molar-refractivity contribution in [3.05, 3.63) is 23.8 Å². The van der Waals surface area contributed by atoms with Gasteiger partial charge in [0.05, 0.1) is 0 Å². The van der Waals surface area contributed by atoms with Crippen LogP contribution in [0.2, 0.25) is 0 Å². The molecule has 4 heteroatoms. The first-order valence-electron chi connectivity index (χ1n) is 8.27. The summed E-state index contributed by atoms with van der Waals surface area (Å²) in [4.78, 5) is 2.53. The van der Waals surface area contributed by atoms with E-state index in [9.17, 15) is 0 Å². The second-order valence-electron chi connectivity index (χ2n) is 6.44. The molecule has 0 unspecified atom stereocenters. The van der Waals surface area contributed by atoms with Crippen molar-refractivity contribution in [3.63, 3.8) is 0 Å². The van der Waals surface area contributed by atoms with Crippen LogP contribution in [0.4, 0.5) is 0 Å². The molecule has 0 aromatic heterocycles. The Hall–Kier alpha value is -1.26. The van der Waals surface area contributed by atoms with Crippen LogP contribution in [0, 0.1) is 0 Å². The van der Waals surface area contributed by atoms with Crippen LogP contribution in [-0.2, 0) is 6.42 Å². The van der Waals surface area contributed by atoms with E-state index in [1.807, 2.05) is 0 Å². The normalized spacial score (nSPS) is 23.8. The molecule has 1 saturated heterocycles. The van der Waals surface area contributed by atoms with Crippen molar-refractivity contribution >= 4 is 0 Å². The van der Waals surface area contributed by atoms with Crippen LogP contribution in [0.15, 0.2) is 18.2 Å². The summed E-state index contributed by atoms with van der Waals surface area (Å²) in [7, 11) is 0. The average molecular weight is 288 g/mol. The van der Waals surface area contributed by atoms with E-state index in [1.165, 1.54) is 18.4 Å². The standard InChI is InChI=1S/C17H24N2O2/c1-2-7-17(6-1)20-15-4-3-14(13-16(15)21-17)5-10-19-11-8-18-9-12-19/h3-4,13,18H,1-2,5-12H2. The van der Waals surface area contributed by atoms with Crippen molar-refractivity contribution in [2.45, 2.75) is 37.9 Å². The van der Waals surface area contributed by atoms with Crippen LogP contribution in [0.5, 0.6) is 11.5 Å². The van der Waals surface area contributed by atoms with E-state index < -0.39 is 0 Å². The molecule has 1 aromatic rings. The molecule has 2 fully saturated rings. The van der Waals surface area contributed by atoms with E-state index in [-0.39, 0.29) is 5.79 Å². The van der Waals surface area contributed by atoms with Gasteiger partial charge >= 0.3 is 0 Å². The highest BCUT2D eigenvalue weighted by Crippen LogP contribution is 2.46. The summed E-state index contributed by atoms with van der Waals surface area (Å²) in [6.45, 7) is 5.68. The summed E-state index contributed by atoms with van der Waals surface area (Å²) in [5.74, 6) is 1.55. The van der Waals surface area contributed by atoms with Gasteiger partial charge in [0.15, 0.2) is 11.5 Å². The molecule has 4 nitrogen and oxygen atoms in total. The molecule has 2 heterocycles. The Labute approximate surface area is 126 Å². The maximum atomic E-state index is 6.14. The Bertz CT molecular complexity index is 506. The number of rotatable bonds is 3. The molecule has 1 aromatic carbocycles. The molecule has 21 heavy (non-hydrogen) atoms. The molecule has 1 aliphatic carbocycles. The molecule has 0 atom stereocenters. The largest absolute Gasteiger partial charge is 0.448 e. The van der Waals surface area contributed by atoms with E-state index >= 15 is 0 Å². The predicted molar refractivity (Wildman–Crippen MR) is 81.9 cm³/mol. The number of fused-ring (bicyclic) bond motifs is 1. The Morgan fingerprint density at radius 3 is 2.62 bits per heavy atom. The van der Waals surface area contributed by atoms with Gasteiger partial charge in [0, 0.05) is 45.6 Å². The van der Waals surface area contributed by atoms with Gasteiger partial charge in [-0.3, -0.25) is 0 Å². The molecule has 4 rings (SSSR count). The molecular weight excluding hydrogens is 264 g/mol. The zero-order valence-corrected chi connectivity index (χ0v) is 12.6. The molecule has 0 amide bonds. The minimum atomic E-state index is -0.334. The van der Waals surface area contributed by atoms with E-state index in [0.717, 1.165) is 63.5 Å². The SMILES string of the molecule is c1cc2c(cc1CCN1CCNCC1)OC1(CCCC1)O2. The second kappa shape index (κ2) is 5.50. The fourth-order valence-electron chi connectivity index (χ4n) is 3.63. The van der Waals surface area contributed by atoms with Crippen LogP contribution < -0.4 is 14.8 Å². The molecule has 0 radical (unpaired) electrons. The van der Waals surface area contributed by atoms with Crippen LogP contribution in [0.1, 0.15) is 31.2 Å². The third-order valence-corrected chi connectivity index (χ3v) is 4.89. The number of hydrogen-bond acceptors (Lipinski definition) is 4. The summed E-state index contributed by atoms with van der Waals surface area (Å²) >= 11 is 0. The lowest BCUT2D eigenvalue weighted by Gasteiger charge is -2.27. The summed E-state index contributed by atoms with van der Waals surface area (Å²) in [6, 6.07) is 6.47. The first kappa shape index (κ1) is 13.4. The lowest BCUT2D eigenvalue weighted by molar-refractivity contribution is -0.0716. The van der Waals surface area contributed by atoms with Crippen molar-refractivity contribution < 1.29 is 9.47 Å². The van der Waals surface area contributed by atoms with Gasteiger partial charge in [-0.05, 0) is 37.0 Å². The third kappa shape index (κ3) is 2.74. The topological polar surface area (TPSA) is 33.7 Å². The summed E-state index contributed by atoms with van der Waals surface area (Å²) in [5, 5.41) is 3.40. The Morgan fingerprint density at radius 1 is 1.05 bits per heavy atom. The Morgan fingerprint density at radius 2 is 1.81 bits per heavy atom. The molecule has 1 N–H and O–H groups in total. The minimum Gasteiger partial charge on any atom is -0.448 e. The van der Waals surface area contributed by atoms with Gasteiger partial charge in [0.25, 0.3) is 5.79 Å². The van der Waals surface area contributed by atoms with Gasteiger partial charge in [0.1, 0.15) is 0 Å². The van der Waals surface area contributed by atoms with Crippen LogP contribution >= 0.6 is 0 Å². The van der Waals surface area contributed by atoms with E-state index in [4.69, 9.17) is 9.47 Å². The molecule has 0 bridgehead atoms. The zero-order chi connectivity index (χ0) is 14.1. The van der Waals surface area contributed by atoms with E-state index in [2.05, 4.69) is 28.4 Å². The smallest absolute Gasteiger partial charge is 0.251 e. The number of nitrogens with one attached hydrogen (secondary N) is 1. The van der Waals surface area contributed by atoms with Crippen molar-refractivity contribution in [1.29, 1.82) is 0 Å². The minimum absolute atomic E-state index is 0.334. The fraction of sp³-hybridized carbons (Fsp3) is 0.647. The maximum Gasteiger partial charge on any atom is 0.251 e.